The summed E-state index contributed by atoms with van der Waals surface area (Å²) in [4.78, 5) is 12.2. The van der Waals surface area contributed by atoms with Crippen molar-refractivity contribution in [2.24, 2.45) is 5.92 Å². The molecule has 2 rings (SSSR count). The van der Waals surface area contributed by atoms with Crippen molar-refractivity contribution < 1.29 is 14.3 Å². The van der Waals surface area contributed by atoms with Gasteiger partial charge in [0, 0.05) is 6.54 Å². The van der Waals surface area contributed by atoms with Crippen LogP contribution in [0.3, 0.4) is 0 Å². The second-order valence-electron chi connectivity index (χ2n) is 6.16. The fourth-order valence-corrected chi connectivity index (χ4v) is 2.90. The Morgan fingerprint density at radius 2 is 2.00 bits per heavy atom. The first-order valence-electron chi connectivity index (χ1n) is 8.19. The summed E-state index contributed by atoms with van der Waals surface area (Å²) in [5, 5.41) is 3.02. The lowest BCUT2D eigenvalue weighted by Crippen LogP contribution is -2.39. The van der Waals surface area contributed by atoms with Crippen molar-refractivity contribution in [3.05, 3.63) is 23.8 Å². The minimum atomic E-state index is -0.528. The van der Waals surface area contributed by atoms with Gasteiger partial charge in [0.15, 0.2) is 17.6 Å². The minimum Gasteiger partial charge on any atom is -0.493 e. The van der Waals surface area contributed by atoms with E-state index in [1.165, 1.54) is 32.1 Å². The van der Waals surface area contributed by atoms with Gasteiger partial charge >= 0.3 is 0 Å². The number of benzene rings is 1. The molecule has 1 saturated carbocycles. The van der Waals surface area contributed by atoms with Crippen LogP contribution in [0.1, 0.15) is 44.6 Å². The molecule has 0 aliphatic heterocycles. The normalized spacial score (nSPS) is 16.9. The quantitative estimate of drug-likeness (QED) is 0.875. The van der Waals surface area contributed by atoms with Gasteiger partial charge in [0.25, 0.3) is 5.91 Å². The van der Waals surface area contributed by atoms with Crippen molar-refractivity contribution in [1.29, 1.82) is 0 Å². The second-order valence-corrected chi connectivity index (χ2v) is 6.16. The molecule has 1 aliphatic carbocycles. The Bertz CT molecular complexity index is 495. The van der Waals surface area contributed by atoms with Gasteiger partial charge in [-0.05, 0) is 50.3 Å². The third-order valence-electron chi connectivity index (χ3n) is 4.28. The summed E-state index contributed by atoms with van der Waals surface area (Å²) in [7, 11) is 1.61. The van der Waals surface area contributed by atoms with Crippen molar-refractivity contribution in [2.45, 2.75) is 52.1 Å². The van der Waals surface area contributed by atoms with Crippen LogP contribution in [0.4, 0.5) is 0 Å². The molecule has 0 aromatic heterocycles. The van der Waals surface area contributed by atoms with Gasteiger partial charge in [-0.3, -0.25) is 4.79 Å². The van der Waals surface area contributed by atoms with E-state index in [0.717, 1.165) is 12.1 Å². The molecule has 122 valence electrons. The van der Waals surface area contributed by atoms with Gasteiger partial charge in [-0.1, -0.05) is 25.3 Å². The number of hydrogen-bond donors (Lipinski definition) is 1. The van der Waals surface area contributed by atoms with Crippen LogP contribution in [0, 0.1) is 12.8 Å². The fraction of sp³-hybridized carbons (Fsp3) is 0.611. The van der Waals surface area contributed by atoms with Gasteiger partial charge in [0.1, 0.15) is 0 Å². The molecule has 0 heterocycles. The molecular weight excluding hydrogens is 278 g/mol. The van der Waals surface area contributed by atoms with Gasteiger partial charge < -0.3 is 14.8 Å². The summed E-state index contributed by atoms with van der Waals surface area (Å²) in [6, 6.07) is 5.70. The molecule has 22 heavy (non-hydrogen) atoms. The molecular formula is C18H27NO3. The Morgan fingerprint density at radius 1 is 1.27 bits per heavy atom. The van der Waals surface area contributed by atoms with Crippen molar-refractivity contribution in [3.63, 3.8) is 0 Å². The number of carbonyl (C=O) groups is 1. The van der Waals surface area contributed by atoms with Crippen LogP contribution in [0.15, 0.2) is 18.2 Å². The maximum atomic E-state index is 12.2. The van der Waals surface area contributed by atoms with Gasteiger partial charge in [-0.25, -0.2) is 0 Å². The monoisotopic (exact) mass is 305 g/mol. The van der Waals surface area contributed by atoms with E-state index in [1.54, 1.807) is 14.0 Å². The first-order chi connectivity index (χ1) is 10.6. The lowest BCUT2D eigenvalue weighted by Gasteiger charge is -2.23. The predicted octanol–water partition coefficient (Wildman–Crippen LogP) is 3.47. The van der Waals surface area contributed by atoms with Crippen molar-refractivity contribution in [3.8, 4) is 11.5 Å². The molecule has 0 radical (unpaired) electrons. The molecule has 1 atom stereocenters. The number of hydrogen-bond acceptors (Lipinski definition) is 3. The van der Waals surface area contributed by atoms with Gasteiger partial charge in [-0.2, -0.15) is 0 Å². The number of amides is 1. The highest BCUT2D eigenvalue weighted by atomic mass is 16.5. The van der Waals surface area contributed by atoms with Crippen LogP contribution >= 0.6 is 0 Å². The van der Waals surface area contributed by atoms with E-state index in [4.69, 9.17) is 9.47 Å². The maximum Gasteiger partial charge on any atom is 0.260 e. The first kappa shape index (κ1) is 16.7. The maximum absolute atomic E-state index is 12.2. The molecule has 1 amide bonds. The summed E-state index contributed by atoms with van der Waals surface area (Å²) >= 11 is 0. The number of rotatable bonds is 6. The van der Waals surface area contributed by atoms with Crippen LogP contribution < -0.4 is 14.8 Å². The zero-order valence-corrected chi connectivity index (χ0v) is 13.9. The van der Waals surface area contributed by atoms with Crippen molar-refractivity contribution >= 4 is 5.91 Å². The number of nitrogens with one attached hydrogen (secondary N) is 1. The van der Waals surface area contributed by atoms with Gasteiger partial charge in [0.2, 0.25) is 0 Å². The molecule has 1 unspecified atom stereocenters. The molecule has 0 spiro atoms. The lowest BCUT2D eigenvalue weighted by atomic mass is 9.89. The Hall–Kier alpha value is -1.71. The number of carbonyl (C=O) groups excluding carboxylic acids is 1. The van der Waals surface area contributed by atoms with Crippen LogP contribution in [0.5, 0.6) is 11.5 Å². The standard InChI is InChI=1S/C18H27NO3/c1-13-9-10-16(17(11-13)21-3)22-14(2)18(20)19-12-15-7-5-4-6-8-15/h9-11,14-15H,4-8,12H2,1-3H3,(H,19,20). The third-order valence-corrected chi connectivity index (χ3v) is 4.28. The lowest BCUT2D eigenvalue weighted by molar-refractivity contribution is -0.127. The van der Waals surface area contributed by atoms with Crippen LogP contribution in [0.25, 0.3) is 0 Å². The zero-order valence-electron chi connectivity index (χ0n) is 13.9. The van der Waals surface area contributed by atoms with E-state index in [2.05, 4.69) is 5.32 Å². The average Bonchev–Trinajstić information content (AvgIpc) is 2.55. The summed E-state index contributed by atoms with van der Waals surface area (Å²) in [6.07, 6.45) is 5.82. The second kappa shape index (κ2) is 8.06. The molecule has 0 saturated heterocycles. The van der Waals surface area contributed by atoms with Crippen molar-refractivity contribution in [1.82, 2.24) is 5.32 Å². The van der Waals surface area contributed by atoms with Crippen LogP contribution in [-0.2, 0) is 4.79 Å². The van der Waals surface area contributed by atoms with E-state index < -0.39 is 6.10 Å². The number of ether oxygens (including phenoxy) is 2. The van der Waals surface area contributed by atoms with E-state index in [1.807, 2.05) is 25.1 Å². The topological polar surface area (TPSA) is 47.6 Å². The Kier molecular flexibility index (Phi) is 6.10. The highest BCUT2D eigenvalue weighted by molar-refractivity contribution is 5.80. The first-order valence-corrected chi connectivity index (χ1v) is 8.19. The molecule has 1 aliphatic rings. The van der Waals surface area contributed by atoms with E-state index >= 15 is 0 Å². The SMILES string of the molecule is COc1cc(C)ccc1OC(C)C(=O)NCC1CCCCC1. The van der Waals surface area contributed by atoms with Gasteiger partial charge in [0.05, 0.1) is 7.11 Å². The van der Waals surface area contributed by atoms with Crippen molar-refractivity contribution in [2.75, 3.05) is 13.7 Å². The minimum absolute atomic E-state index is 0.0619. The highest BCUT2D eigenvalue weighted by Gasteiger charge is 2.19. The molecule has 1 fully saturated rings. The molecule has 1 aromatic carbocycles. The predicted molar refractivity (Wildman–Crippen MR) is 87.4 cm³/mol. The van der Waals surface area contributed by atoms with Crippen LogP contribution in [0.2, 0.25) is 0 Å². The number of methoxy groups -OCH3 is 1. The molecule has 1 aromatic rings. The Labute approximate surface area is 133 Å². The summed E-state index contributed by atoms with van der Waals surface area (Å²) in [6.45, 7) is 4.53. The smallest absolute Gasteiger partial charge is 0.260 e. The third kappa shape index (κ3) is 4.65. The van der Waals surface area contributed by atoms with E-state index in [9.17, 15) is 4.79 Å². The van der Waals surface area contributed by atoms with Gasteiger partial charge in [-0.15, -0.1) is 0 Å². The zero-order chi connectivity index (χ0) is 15.9. The molecule has 4 nitrogen and oxygen atoms in total. The largest absolute Gasteiger partial charge is 0.493 e. The average molecular weight is 305 g/mol. The Balaban J connectivity index is 1.85. The highest BCUT2D eigenvalue weighted by Crippen LogP contribution is 2.28. The summed E-state index contributed by atoms with van der Waals surface area (Å²) < 4.78 is 11.1. The molecule has 1 N–H and O–H groups in total. The summed E-state index contributed by atoms with van der Waals surface area (Å²) in [5.41, 5.74) is 1.10. The summed E-state index contributed by atoms with van der Waals surface area (Å²) in [5.74, 6) is 1.83. The van der Waals surface area contributed by atoms with Crippen LogP contribution in [-0.4, -0.2) is 25.7 Å². The number of aryl methyl sites for hydroxylation is 1. The molecule has 4 heteroatoms. The molecule has 0 bridgehead atoms. The fourth-order valence-electron chi connectivity index (χ4n) is 2.90. The van der Waals surface area contributed by atoms with E-state index in [0.29, 0.717) is 17.4 Å². The van der Waals surface area contributed by atoms with E-state index in [-0.39, 0.29) is 5.91 Å². The Morgan fingerprint density at radius 3 is 2.68 bits per heavy atom.